The van der Waals surface area contributed by atoms with E-state index in [0.717, 1.165) is 5.56 Å². The fourth-order valence-corrected chi connectivity index (χ4v) is 3.99. The molecule has 0 saturated carbocycles. The molecule has 0 fully saturated rings. The molecule has 160 valence electrons. The van der Waals surface area contributed by atoms with Gasteiger partial charge in [-0.2, -0.15) is 0 Å². The number of methoxy groups -OCH3 is 2. The molecule has 0 N–H and O–H groups in total. The van der Waals surface area contributed by atoms with Crippen LogP contribution in [0.3, 0.4) is 0 Å². The number of rotatable bonds is 5. The number of benzene rings is 2. The van der Waals surface area contributed by atoms with Gasteiger partial charge in [0.1, 0.15) is 5.58 Å². The van der Waals surface area contributed by atoms with Gasteiger partial charge in [0.15, 0.2) is 5.43 Å². The lowest BCUT2D eigenvalue weighted by atomic mass is 9.97. The third kappa shape index (κ3) is 3.49. The van der Waals surface area contributed by atoms with Gasteiger partial charge in [-0.3, -0.25) is 9.59 Å². The molecule has 0 bridgehead atoms. The average Bonchev–Trinajstić information content (AvgIpc) is 3.05. The number of amides is 1. The summed E-state index contributed by atoms with van der Waals surface area (Å²) in [5.74, 6) is -0.848. The minimum atomic E-state index is -0.676. The van der Waals surface area contributed by atoms with Crippen LogP contribution in [-0.2, 0) is 9.47 Å². The minimum absolute atomic E-state index is 0.0115. The van der Waals surface area contributed by atoms with Crippen LogP contribution in [0.5, 0.6) is 0 Å². The Balaban J connectivity index is 1.92. The highest BCUT2D eigenvalue weighted by Gasteiger charge is 2.42. The molecule has 1 unspecified atom stereocenters. The zero-order valence-electron chi connectivity index (χ0n) is 17.2. The molecule has 7 nitrogen and oxygen atoms in total. The van der Waals surface area contributed by atoms with Gasteiger partial charge < -0.3 is 18.8 Å². The van der Waals surface area contributed by atoms with Crippen LogP contribution < -0.4 is 5.43 Å². The first-order valence-corrected chi connectivity index (χ1v) is 10.00. The van der Waals surface area contributed by atoms with E-state index >= 15 is 0 Å². The minimum Gasteiger partial charge on any atom is -0.465 e. The Morgan fingerprint density at radius 3 is 2.52 bits per heavy atom. The molecular formula is C23H20ClNO6. The molecule has 1 amide bonds. The number of halogens is 1. The fraction of sp³-hybridized carbons (Fsp3) is 0.261. The molecule has 31 heavy (non-hydrogen) atoms. The van der Waals surface area contributed by atoms with Gasteiger partial charge in [-0.05, 0) is 42.3 Å². The van der Waals surface area contributed by atoms with Crippen LogP contribution in [-0.4, -0.2) is 44.1 Å². The smallest absolute Gasteiger partial charge is 0.337 e. The molecule has 2 heterocycles. The summed E-state index contributed by atoms with van der Waals surface area (Å²) in [7, 11) is 2.84. The summed E-state index contributed by atoms with van der Waals surface area (Å²) in [5.41, 5.74) is 2.03. The standard InChI is InChI=1S/C23H20ClNO6/c1-12-10-17-15(11-16(12)24)20(26)18-19(13-4-6-14(7-5-13)23(28)30-3)25(8-9-29-2)22(27)21(18)31-17/h4-7,10-11,19H,8-9H2,1-3H3. The quantitative estimate of drug-likeness (QED) is 0.561. The molecule has 1 aliphatic heterocycles. The Bertz CT molecular complexity index is 1250. The molecule has 3 aromatic rings. The summed E-state index contributed by atoms with van der Waals surface area (Å²) in [6, 6.07) is 9.14. The van der Waals surface area contributed by atoms with Gasteiger partial charge in [-0.15, -0.1) is 0 Å². The van der Waals surface area contributed by atoms with Crippen LogP contribution in [0.2, 0.25) is 5.02 Å². The second-order valence-corrected chi connectivity index (χ2v) is 7.69. The van der Waals surface area contributed by atoms with E-state index in [9.17, 15) is 14.4 Å². The van der Waals surface area contributed by atoms with Gasteiger partial charge >= 0.3 is 5.97 Å². The van der Waals surface area contributed by atoms with E-state index in [1.165, 1.54) is 14.2 Å². The van der Waals surface area contributed by atoms with Crippen molar-refractivity contribution in [3.63, 3.8) is 0 Å². The third-order valence-corrected chi connectivity index (χ3v) is 5.84. The van der Waals surface area contributed by atoms with Gasteiger partial charge in [0.2, 0.25) is 5.76 Å². The molecular weight excluding hydrogens is 422 g/mol. The molecule has 4 rings (SSSR count). The summed E-state index contributed by atoms with van der Waals surface area (Å²) < 4.78 is 15.8. The van der Waals surface area contributed by atoms with Crippen LogP contribution in [0.1, 0.15) is 43.6 Å². The number of hydrogen-bond acceptors (Lipinski definition) is 6. The van der Waals surface area contributed by atoms with E-state index in [1.807, 2.05) is 0 Å². The largest absolute Gasteiger partial charge is 0.465 e. The topological polar surface area (TPSA) is 86.0 Å². The van der Waals surface area contributed by atoms with Crippen molar-refractivity contribution in [2.24, 2.45) is 0 Å². The van der Waals surface area contributed by atoms with E-state index in [1.54, 1.807) is 48.2 Å². The normalized spacial score (nSPS) is 15.4. The summed E-state index contributed by atoms with van der Waals surface area (Å²) in [5, 5.41) is 0.756. The lowest BCUT2D eigenvalue weighted by Gasteiger charge is -2.24. The van der Waals surface area contributed by atoms with E-state index in [-0.39, 0.29) is 35.8 Å². The summed E-state index contributed by atoms with van der Waals surface area (Å²) >= 11 is 6.23. The number of ether oxygens (including phenoxy) is 2. The number of esters is 1. The number of carbonyl (C=O) groups excluding carboxylic acids is 2. The van der Waals surface area contributed by atoms with E-state index in [4.69, 9.17) is 25.5 Å². The Kier molecular flexibility index (Phi) is 5.56. The SMILES string of the molecule is COCCN1C(=O)c2oc3cc(C)c(Cl)cc3c(=O)c2C1c1ccc(C(=O)OC)cc1. The van der Waals surface area contributed by atoms with Gasteiger partial charge in [0.05, 0.1) is 36.3 Å². The van der Waals surface area contributed by atoms with Gasteiger partial charge in [0, 0.05) is 18.7 Å². The number of nitrogens with zero attached hydrogens (tertiary/aromatic N) is 1. The summed E-state index contributed by atoms with van der Waals surface area (Å²) in [6.07, 6.45) is 0. The Labute approximate surface area is 183 Å². The zero-order chi connectivity index (χ0) is 22.3. The maximum atomic E-state index is 13.5. The van der Waals surface area contributed by atoms with Crippen molar-refractivity contribution < 1.29 is 23.5 Å². The highest BCUT2D eigenvalue weighted by molar-refractivity contribution is 6.32. The lowest BCUT2D eigenvalue weighted by molar-refractivity contribution is 0.0599. The van der Waals surface area contributed by atoms with Crippen molar-refractivity contribution in [1.82, 2.24) is 4.90 Å². The predicted molar refractivity (Wildman–Crippen MR) is 115 cm³/mol. The Hall–Kier alpha value is -3.16. The van der Waals surface area contributed by atoms with Crippen LogP contribution in [0.25, 0.3) is 11.0 Å². The second-order valence-electron chi connectivity index (χ2n) is 7.28. The van der Waals surface area contributed by atoms with Crippen molar-refractivity contribution in [2.45, 2.75) is 13.0 Å². The van der Waals surface area contributed by atoms with E-state index < -0.39 is 12.0 Å². The second kappa shape index (κ2) is 8.17. The maximum Gasteiger partial charge on any atom is 0.337 e. The maximum absolute atomic E-state index is 13.5. The zero-order valence-corrected chi connectivity index (χ0v) is 18.0. The summed E-state index contributed by atoms with van der Waals surface area (Å²) in [6.45, 7) is 2.35. The lowest BCUT2D eigenvalue weighted by Crippen LogP contribution is -2.32. The molecule has 8 heteroatoms. The van der Waals surface area contributed by atoms with E-state index in [0.29, 0.717) is 27.1 Å². The van der Waals surface area contributed by atoms with Crippen molar-refractivity contribution in [3.8, 4) is 0 Å². The molecule has 1 aromatic heterocycles. The highest BCUT2D eigenvalue weighted by Crippen LogP contribution is 2.38. The Morgan fingerprint density at radius 2 is 1.87 bits per heavy atom. The van der Waals surface area contributed by atoms with Gasteiger partial charge in [0.25, 0.3) is 5.91 Å². The van der Waals surface area contributed by atoms with Crippen LogP contribution >= 0.6 is 11.6 Å². The van der Waals surface area contributed by atoms with Gasteiger partial charge in [-0.1, -0.05) is 23.7 Å². The van der Waals surface area contributed by atoms with Crippen LogP contribution in [0.4, 0.5) is 0 Å². The molecule has 0 spiro atoms. The summed E-state index contributed by atoms with van der Waals surface area (Å²) in [4.78, 5) is 40.0. The molecule has 1 aliphatic rings. The number of carbonyl (C=O) groups is 2. The van der Waals surface area contributed by atoms with Crippen molar-refractivity contribution in [3.05, 3.63) is 79.7 Å². The van der Waals surface area contributed by atoms with Gasteiger partial charge in [-0.25, -0.2) is 4.79 Å². The molecule has 0 saturated heterocycles. The monoisotopic (exact) mass is 441 g/mol. The molecule has 2 aromatic carbocycles. The Morgan fingerprint density at radius 1 is 1.16 bits per heavy atom. The molecule has 1 atom stereocenters. The van der Waals surface area contributed by atoms with Crippen molar-refractivity contribution >= 4 is 34.4 Å². The predicted octanol–water partition coefficient (Wildman–Crippen LogP) is 3.73. The molecule has 0 aliphatic carbocycles. The number of fused-ring (bicyclic) bond motifs is 2. The van der Waals surface area contributed by atoms with Crippen molar-refractivity contribution in [1.29, 1.82) is 0 Å². The molecule has 0 radical (unpaired) electrons. The van der Waals surface area contributed by atoms with Crippen LogP contribution in [0.15, 0.2) is 45.6 Å². The number of hydrogen-bond donors (Lipinski definition) is 0. The number of aryl methyl sites for hydroxylation is 1. The van der Waals surface area contributed by atoms with Crippen molar-refractivity contribution in [2.75, 3.05) is 27.4 Å². The average molecular weight is 442 g/mol. The first-order chi connectivity index (χ1) is 14.9. The van der Waals surface area contributed by atoms with Crippen LogP contribution in [0, 0.1) is 6.92 Å². The first-order valence-electron chi connectivity index (χ1n) is 9.62. The third-order valence-electron chi connectivity index (χ3n) is 5.43. The fourth-order valence-electron chi connectivity index (χ4n) is 3.83. The highest BCUT2D eigenvalue weighted by atomic mass is 35.5. The first kappa shape index (κ1) is 21.1. The van der Waals surface area contributed by atoms with E-state index in [2.05, 4.69) is 0 Å².